The second-order valence-corrected chi connectivity index (χ2v) is 9.52. The van der Waals surface area contributed by atoms with Crippen molar-refractivity contribution in [3.05, 3.63) is 102 Å². The maximum absolute atomic E-state index is 13.0. The van der Waals surface area contributed by atoms with Gasteiger partial charge >= 0.3 is 12.2 Å². The number of hydrogen-bond donors (Lipinski definition) is 2. The first kappa shape index (κ1) is 24.0. The minimum atomic E-state index is -4.57. The molecule has 2 N–H and O–H groups in total. The molecule has 180 valence electrons. The molecule has 0 aliphatic carbocycles. The number of carbonyl (C=O) groups is 1. The quantitative estimate of drug-likeness (QED) is 0.365. The predicted octanol–water partition coefficient (Wildman–Crippen LogP) is 5.51. The molecule has 2 amide bonds. The first-order valence-electron chi connectivity index (χ1n) is 10.3. The van der Waals surface area contributed by atoms with Gasteiger partial charge in [-0.2, -0.15) is 18.3 Å². The van der Waals surface area contributed by atoms with Crippen molar-refractivity contribution in [3.63, 3.8) is 0 Å². The van der Waals surface area contributed by atoms with E-state index in [0.717, 1.165) is 12.1 Å². The second kappa shape index (κ2) is 9.63. The van der Waals surface area contributed by atoms with Crippen LogP contribution in [0, 0.1) is 0 Å². The molecule has 0 radical (unpaired) electrons. The van der Waals surface area contributed by atoms with Crippen molar-refractivity contribution < 1.29 is 26.4 Å². The largest absolute Gasteiger partial charge is 0.416 e. The zero-order chi connectivity index (χ0) is 25.1. The number of carbonyl (C=O) groups excluding carboxylic acids is 1. The lowest BCUT2D eigenvalue weighted by Crippen LogP contribution is -2.21. The van der Waals surface area contributed by atoms with Gasteiger partial charge < -0.3 is 10.6 Å². The minimum absolute atomic E-state index is 0.0355. The SMILES string of the molecule is O=C(Nc1cccc(C(F)(F)F)c1)Nc1cc(S(=O)(=O)Cc2ccccc2)ccc1-n1cccn1. The Labute approximate surface area is 199 Å². The lowest BCUT2D eigenvalue weighted by Gasteiger charge is -2.15. The Morgan fingerprint density at radius 3 is 2.37 bits per heavy atom. The number of hydrogen-bond acceptors (Lipinski definition) is 4. The molecule has 4 rings (SSSR count). The van der Waals surface area contributed by atoms with Crippen molar-refractivity contribution in [2.24, 2.45) is 0 Å². The Morgan fingerprint density at radius 1 is 0.914 bits per heavy atom. The van der Waals surface area contributed by atoms with Crippen LogP contribution in [-0.4, -0.2) is 24.2 Å². The smallest absolute Gasteiger partial charge is 0.308 e. The number of sulfone groups is 1. The molecule has 1 heterocycles. The van der Waals surface area contributed by atoms with Crippen LogP contribution in [0.15, 0.2) is 96.2 Å². The Kier molecular flexibility index (Phi) is 6.61. The van der Waals surface area contributed by atoms with Gasteiger partial charge in [-0.1, -0.05) is 36.4 Å². The number of amides is 2. The zero-order valence-corrected chi connectivity index (χ0v) is 18.8. The lowest BCUT2D eigenvalue weighted by molar-refractivity contribution is -0.137. The Hall–Kier alpha value is -4.12. The highest BCUT2D eigenvalue weighted by atomic mass is 32.2. The van der Waals surface area contributed by atoms with Crippen molar-refractivity contribution in [1.29, 1.82) is 0 Å². The number of benzene rings is 3. The third-order valence-corrected chi connectivity index (χ3v) is 6.66. The molecule has 0 aliphatic rings. The molecule has 7 nitrogen and oxygen atoms in total. The fourth-order valence-electron chi connectivity index (χ4n) is 3.35. The van der Waals surface area contributed by atoms with E-state index in [4.69, 9.17) is 0 Å². The average molecular weight is 501 g/mol. The minimum Gasteiger partial charge on any atom is -0.308 e. The Balaban J connectivity index is 1.63. The molecule has 0 atom stereocenters. The van der Waals surface area contributed by atoms with Crippen LogP contribution in [0.25, 0.3) is 5.69 Å². The van der Waals surface area contributed by atoms with Gasteiger partial charge in [-0.05, 0) is 48.0 Å². The summed E-state index contributed by atoms with van der Waals surface area (Å²) < 4.78 is 66.4. The summed E-state index contributed by atoms with van der Waals surface area (Å²) in [4.78, 5) is 12.6. The lowest BCUT2D eigenvalue weighted by atomic mass is 10.2. The van der Waals surface area contributed by atoms with Crippen molar-refractivity contribution in [2.45, 2.75) is 16.8 Å². The van der Waals surface area contributed by atoms with Gasteiger partial charge in [0.05, 0.1) is 27.6 Å². The van der Waals surface area contributed by atoms with Crippen LogP contribution < -0.4 is 10.6 Å². The van der Waals surface area contributed by atoms with Crippen LogP contribution in [-0.2, 0) is 21.8 Å². The second-order valence-electron chi connectivity index (χ2n) is 7.53. The predicted molar refractivity (Wildman–Crippen MR) is 125 cm³/mol. The number of anilines is 2. The first-order chi connectivity index (χ1) is 16.6. The van der Waals surface area contributed by atoms with Gasteiger partial charge in [0.15, 0.2) is 9.84 Å². The van der Waals surface area contributed by atoms with Gasteiger partial charge in [-0.3, -0.25) is 0 Å². The molecule has 0 saturated carbocycles. The van der Waals surface area contributed by atoms with E-state index in [1.54, 1.807) is 42.6 Å². The van der Waals surface area contributed by atoms with Gasteiger partial charge in [-0.15, -0.1) is 0 Å². The third kappa shape index (κ3) is 5.87. The molecule has 3 aromatic carbocycles. The molecule has 11 heteroatoms. The maximum atomic E-state index is 13.0. The van der Waals surface area contributed by atoms with Crippen LogP contribution in [0.2, 0.25) is 0 Å². The maximum Gasteiger partial charge on any atom is 0.416 e. The van der Waals surface area contributed by atoms with Crippen LogP contribution >= 0.6 is 0 Å². The highest BCUT2D eigenvalue weighted by Gasteiger charge is 2.30. The highest BCUT2D eigenvalue weighted by Crippen LogP contribution is 2.31. The van der Waals surface area contributed by atoms with Gasteiger partial charge in [0.25, 0.3) is 0 Å². The normalized spacial score (nSPS) is 11.7. The Bertz CT molecular complexity index is 1440. The van der Waals surface area contributed by atoms with Crippen LogP contribution in [0.1, 0.15) is 11.1 Å². The van der Waals surface area contributed by atoms with Crippen molar-refractivity contribution in [3.8, 4) is 5.69 Å². The van der Waals surface area contributed by atoms with Gasteiger partial charge in [-0.25, -0.2) is 17.9 Å². The third-order valence-electron chi connectivity index (χ3n) is 4.97. The topological polar surface area (TPSA) is 93.1 Å². The number of aromatic nitrogens is 2. The van der Waals surface area contributed by atoms with E-state index in [0.29, 0.717) is 11.3 Å². The molecule has 4 aromatic rings. The van der Waals surface area contributed by atoms with E-state index in [1.807, 2.05) is 0 Å². The molecule has 0 unspecified atom stereocenters. The summed E-state index contributed by atoms with van der Waals surface area (Å²) in [5.74, 6) is -0.245. The molecular formula is C24H19F3N4O3S. The molecule has 0 fully saturated rings. The average Bonchev–Trinajstić information content (AvgIpc) is 3.34. The number of nitrogens with one attached hydrogen (secondary N) is 2. The fourth-order valence-corrected chi connectivity index (χ4v) is 4.73. The van der Waals surface area contributed by atoms with E-state index in [2.05, 4.69) is 15.7 Å². The summed E-state index contributed by atoms with van der Waals surface area (Å²) in [6.45, 7) is 0. The summed E-state index contributed by atoms with van der Waals surface area (Å²) in [5, 5.41) is 8.98. The highest BCUT2D eigenvalue weighted by molar-refractivity contribution is 7.90. The monoisotopic (exact) mass is 500 g/mol. The molecule has 1 aromatic heterocycles. The number of halogens is 3. The number of nitrogens with zero attached hydrogens (tertiary/aromatic N) is 2. The molecule has 35 heavy (non-hydrogen) atoms. The summed E-state index contributed by atoms with van der Waals surface area (Å²) in [6.07, 6.45) is -1.46. The summed E-state index contributed by atoms with van der Waals surface area (Å²) in [5.41, 5.74) is 0.0768. The molecular weight excluding hydrogens is 481 g/mol. The van der Waals surface area contributed by atoms with E-state index in [9.17, 15) is 26.4 Å². The number of rotatable bonds is 6. The van der Waals surface area contributed by atoms with Crippen LogP contribution in [0.4, 0.5) is 29.3 Å². The van der Waals surface area contributed by atoms with Gasteiger partial charge in [0.1, 0.15) is 0 Å². The molecule has 0 bridgehead atoms. The molecule has 0 aliphatic heterocycles. The van der Waals surface area contributed by atoms with Crippen LogP contribution in [0.5, 0.6) is 0 Å². The summed E-state index contributed by atoms with van der Waals surface area (Å²) in [6, 6.07) is 17.8. The van der Waals surface area contributed by atoms with E-state index in [-0.39, 0.29) is 22.0 Å². The van der Waals surface area contributed by atoms with E-state index < -0.39 is 27.6 Å². The van der Waals surface area contributed by atoms with Crippen molar-refractivity contribution in [2.75, 3.05) is 10.6 Å². The zero-order valence-electron chi connectivity index (χ0n) is 18.0. The van der Waals surface area contributed by atoms with Gasteiger partial charge in [0.2, 0.25) is 0 Å². The number of urea groups is 1. The fraction of sp³-hybridized carbons (Fsp3) is 0.0833. The van der Waals surface area contributed by atoms with Crippen molar-refractivity contribution in [1.82, 2.24) is 9.78 Å². The molecule has 0 spiro atoms. The molecule has 0 saturated heterocycles. The van der Waals surface area contributed by atoms with Crippen molar-refractivity contribution >= 4 is 27.2 Å². The summed E-state index contributed by atoms with van der Waals surface area (Å²) in [7, 11) is -3.76. The standard InChI is InChI=1S/C24H19F3N4O3S/c25-24(26,27)18-8-4-9-19(14-18)29-23(32)30-21-15-20(10-11-22(21)31-13-5-12-28-31)35(33,34)16-17-6-2-1-3-7-17/h1-15H,16H2,(H2,29,30,32). The first-order valence-corrected chi connectivity index (χ1v) is 11.9. The van der Waals surface area contributed by atoms with E-state index in [1.165, 1.54) is 41.2 Å². The van der Waals surface area contributed by atoms with Gasteiger partial charge in [0, 0.05) is 18.1 Å². The number of alkyl halides is 3. The van der Waals surface area contributed by atoms with Crippen LogP contribution in [0.3, 0.4) is 0 Å². The Morgan fingerprint density at radius 2 is 1.69 bits per heavy atom. The summed E-state index contributed by atoms with van der Waals surface area (Å²) >= 11 is 0. The van der Waals surface area contributed by atoms with E-state index >= 15 is 0 Å².